The van der Waals surface area contributed by atoms with E-state index in [9.17, 15) is 4.79 Å². The highest BCUT2D eigenvalue weighted by atomic mass is 35.5. The van der Waals surface area contributed by atoms with Crippen LogP contribution < -0.4 is 5.32 Å². The molecule has 0 bridgehead atoms. The molecule has 1 amide bonds. The third kappa shape index (κ3) is 3.68. The predicted molar refractivity (Wildman–Crippen MR) is 105 cm³/mol. The Morgan fingerprint density at radius 1 is 1.20 bits per heavy atom. The van der Waals surface area contributed by atoms with E-state index in [1.54, 1.807) is 24.3 Å². The minimum Gasteiger partial charge on any atom is -0.368 e. The van der Waals surface area contributed by atoms with Gasteiger partial charge in [0.2, 0.25) is 0 Å². The van der Waals surface area contributed by atoms with Gasteiger partial charge in [-0.1, -0.05) is 47.5 Å². The first-order chi connectivity index (χ1) is 11.8. The Hall–Kier alpha value is -1.97. The third-order valence-electron chi connectivity index (χ3n) is 4.64. The molecule has 0 spiro atoms. The molecule has 0 radical (unpaired) electrons. The average Bonchev–Trinajstić information content (AvgIpc) is 2.54. The summed E-state index contributed by atoms with van der Waals surface area (Å²) >= 11 is 12.0. The van der Waals surface area contributed by atoms with Crippen LogP contribution in [0.3, 0.4) is 0 Å². The number of hydrogen-bond acceptors (Lipinski definition) is 2. The number of anilines is 1. The van der Waals surface area contributed by atoms with E-state index in [1.165, 1.54) is 5.56 Å². The van der Waals surface area contributed by atoms with Gasteiger partial charge < -0.3 is 10.2 Å². The number of halogens is 2. The molecule has 130 valence electrons. The van der Waals surface area contributed by atoms with E-state index >= 15 is 0 Å². The van der Waals surface area contributed by atoms with Crippen molar-refractivity contribution in [2.75, 3.05) is 12.4 Å². The molecule has 5 heteroatoms. The molecule has 2 aromatic rings. The van der Waals surface area contributed by atoms with E-state index < -0.39 is 0 Å². The topological polar surface area (TPSA) is 32.3 Å². The number of carbonyl (C=O) groups is 1. The molecule has 0 saturated carbocycles. The van der Waals surface area contributed by atoms with Crippen molar-refractivity contribution < 1.29 is 4.79 Å². The molecular formula is C20H20Cl2N2O. The van der Waals surface area contributed by atoms with E-state index in [0.717, 1.165) is 17.7 Å². The summed E-state index contributed by atoms with van der Waals surface area (Å²) in [6, 6.07) is 13.2. The van der Waals surface area contributed by atoms with Crippen LogP contribution in [0.4, 0.5) is 5.69 Å². The summed E-state index contributed by atoms with van der Waals surface area (Å²) in [5.74, 6) is -0.224. The van der Waals surface area contributed by atoms with Gasteiger partial charge in [0.15, 0.2) is 0 Å². The van der Waals surface area contributed by atoms with Crippen molar-refractivity contribution in [3.63, 3.8) is 0 Å². The highest BCUT2D eigenvalue weighted by Crippen LogP contribution is 2.36. The largest absolute Gasteiger partial charge is 0.368 e. The Morgan fingerprint density at radius 3 is 2.64 bits per heavy atom. The van der Waals surface area contributed by atoms with Crippen LogP contribution in [-0.2, 0) is 11.2 Å². The first-order valence-electron chi connectivity index (χ1n) is 8.08. The minimum atomic E-state index is -0.224. The zero-order chi connectivity index (χ0) is 18.2. The average molecular weight is 375 g/mol. The van der Waals surface area contributed by atoms with Gasteiger partial charge in [0.05, 0.1) is 10.7 Å². The molecule has 1 heterocycles. The quantitative estimate of drug-likeness (QED) is 0.728. The molecule has 0 saturated heterocycles. The van der Waals surface area contributed by atoms with E-state index in [4.69, 9.17) is 23.2 Å². The summed E-state index contributed by atoms with van der Waals surface area (Å²) in [5, 5.41) is 3.78. The molecule has 1 aliphatic heterocycles. The Bertz CT molecular complexity index is 859. The standard InChI is InChI=1S/C20H20Cl2N2O/c1-20(2)12-13-6-4-5-7-15(13)18(24(20)3)11-19(25)23-17-9-8-14(21)10-16(17)22/h4-11H,12H2,1-3H3,(H,23,25). The number of nitrogens with zero attached hydrogens (tertiary/aromatic N) is 1. The number of fused-ring (bicyclic) bond motifs is 1. The maximum atomic E-state index is 12.6. The van der Waals surface area contributed by atoms with Crippen molar-refractivity contribution in [1.29, 1.82) is 0 Å². The third-order valence-corrected chi connectivity index (χ3v) is 5.19. The van der Waals surface area contributed by atoms with Crippen LogP contribution in [0.25, 0.3) is 5.70 Å². The lowest BCUT2D eigenvalue weighted by atomic mass is 9.84. The molecule has 3 rings (SSSR count). The summed E-state index contributed by atoms with van der Waals surface area (Å²) in [6.07, 6.45) is 2.56. The summed E-state index contributed by atoms with van der Waals surface area (Å²) in [7, 11) is 2.02. The van der Waals surface area contributed by atoms with Crippen molar-refractivity contribution in [1.82, 2.24) is 4.90 Å². The summed E-state index contributed by atoms with van der Waals surface area (Å²) < 4.78 is 0. The normalized spacial score (nSPS) is 17.3. The number of amides is 1. The first kappa shape index (κ1) is 17.8. The van der Waals surface area contributed by atoms with Crippen molar-refractivity contribution in [3.8, 4) is 0 Å². The number of rotatable bonds is 2. The molecule has 0 fully saturated rings. The predicted octanol–water partition coefficient (Wildman–Crippen LogP) is 5.24. The van der Waals surface area contributed by atoms with Gasteiger partial charge in [-0.15, -0.1) is 0 Å². The Morgan fingerprint density at radius 2 is 1.92 bits per heavy atom. The van der Waals surface area contributed by atoms with E-state index in [0.29, 0.717) is 15.7 Å². The van der Waals surface area contributed by atoms with Crippen molar-refractivity contribution in [2.45, 2.75) is 25.8 Å². The van der Waals surface area contributed by atoms with Crippen LogP contribution in [0.1, 0.15) is 25.0 Å². The summed E-state index contributed by atoms with van der Waals surface area (Å²) in [5.41, 5.74) is 3.70. The maximum absolute atomic E-state index is 12.6. The fourth-order valence-corrected chi connectivity index (χ4v) is 3.53. The molecule has 1 aliphatic rings. The summed E-state index contributed by atoms with van der Waals surface area (Å²) in [6.45, 7) is 4.34. The van der Waals surface area contributed by atoms with Crippen LogP contribution in [0.15, 0.2) is 48.5 Å². The van der Waals surface area contributed by atoms with Gasteiger partial charge in [0.25, 0.3) is 5.91 Å². The second-order valence-corrected chi connectivity index (χ2v) is 7.69. The minimum absolute atomic E-state index is 0.0710. The van der Waals surface area contributed by atoms with Crippen molar-refractivity contribution in [3.05, 3.63) is 69.7 Å². The molecule has 25 heavy (non-hydrogen) atoms. The second-order valence-electron chi connectivity index (χ2n) is 6.85. The van der Waals surface area contributed by atoms with Gasteiger partial charge in [-0.3, -0.25) is 4.79 Å². The fourth-order valence-electron chi connectivity index (χ4n) is 3.07. The SMILES string of the molecule is CN1C(=CC(=O)Nc2ccc(Cl)cc2Cl)c2ccccc2CC1(C)C. The lowest BCUT2D eigenvalue weighted by molar-refractivity contribution is -0.111. The number of likely N-dealkylation sites (N-methyl/N-ethyl adjacent to an activating group) is 1. The van der Waals surface area contributed by atoms with Crippen molar-refractivity contribution >= 4 is 40.5 Å². The second kappa shape index (κ2) is 6.74. The van der Waals surface area contributed by atoms with Crippen LogP contribution >= 0.6 is 23.2 Å². The van der Waals surface area contributed by atoms with E-state index in [2.05, 4.69) is 36.2 Å². The molecule has 3 nitrogen and oxygen atoms in total. The van der Waals surface area contributed by atoms with Crippen LogP contribution in [0.2, 0.25) is 10.0 Å². The van der Waals surface area contributed by atoms with Gasteiger partial charge in [0, 0.05) is 34.9 Å². The van der Waals surface area contributed by atoms with Gasteiger partial charge in [0.1, 0.15) is 0 Å². The van der Waals surface area contributed by atoms with E-state index in [-0.39, 0.29) is 11.4 Å². The smallest absolute Gasteiger partial charge is 0.250 e. The monoisotopic (exact) mass is 374 g/mol. The Kier molecular flexibility index (Phi) is 4.81. The van der Waals surface area contributed by atoms with Crippen molar-refractivity contribution in [2.24, 2.45) is 0 Å². The molecule has 0 atom stereocenters. The highest BCUT2D eigenvalue weighted by Gasteiger charge is 2.33. The number of nitrogens with one attached hydrogen (secondary N) is 1. The number of hydrogen-bond donors (Lipinski definition) is 1. The highest BCUT2D eigenvalue weighted by molar-refractivity contribution is 6.36. The number of carbonyl (C=O) groups excluding carboxylic acids is 1. The molecule has 0 aromatic heterocycles. The van der Waals surface area contributed by atoms with Gasteiger partial charge >= 0.3 is 0 Å². The van der Waals surface area contributed by atoms with Gasteiger partial charge in [-0.25, -0.2) is 0 Å². The van der Waals surface area contributed by atoms with Gasteiger partial charge in [-0.05, 0) is 44.0 Å². The van der Waals surface area contributed by atoms with Crippen LogP contribution in [0.5, 0.6) is 0 Å². The van der Waals surface area contributed by atoms with Crippen LogP contribution in [0, 0.1) is 0 Å². The molecule has 1 N–H and O–H groups in total. The van der Waals surface area contributed by atoms with Crippen LogP contribution in [-0.4, -0.2) is 23.4 Å². The molecule has 0 unspecified atom stereocenters. The summed E-state index contributed by atoms with van der Waals surface area (Å²) in [4.78, 5) is 14.7. The first-order valence-corrected chi connectivity index (χ1v) is 8.83. The zero-order valence-corrected chi connectivity index (χ0v) is 15.9. The Balaban J connectivity index is 1.94. The van der Waals surface area contributed by atoms with Gasteiger partial charge in [-0.2, -0.15) is 0 Å². The zero-order valence-electron chi connectivity index (χ0n) is 14.4. The molecule has 0 aliphatic carbocycles. The lowest BCUT2D eigenvalue weighted by Gasteiger charge is -2.44. The lowest BCUT2D eigenvalue weighted by Crippen LogP contribution is -2.45. The number of benzene rings is 2. The maximum Gasteiger partial charge on any atom is 0.250 e. The Labute approximate surface area is 158 Å². The molecule has 2 aromatic carbocycles. The molecular weight excluding hydrogens is 355 g/mol. The van der Waals surface area contributed by atoms with E-state index in [1.807, 2.05) is 19.2 Å². The fraction of sp³-hybridized carbons (Fsp3) is 0.250.